The number of carbonyl (C=O) groups is 1. The Morgan fingerprint density at radius 1 is 1.50 bits per heavy atom. The van der Waals surface area contributed by atoms with Crippen LogP contribution in [0.1, 0.15) is 27.2 Å². The molecule has 0 aliphatic heterocycles. The first-order chi connectivity index (χ1) is 5.34. The maximum atomic E-state index is 11.1. The lowest BCUT2D eigenvalue weighted by Gasteiger charge is -2.16. The molecule has 4 nitrogen and oxygen atoms in total. The van der Waals surface area contributed by atoms with Crippen LogP contribution < -0.4 is 5.73 Å². The van der Waals surface area contributed by atoms with Crippen molar-refractivity contribution in [2.75, 3.05) is 6.61 Å². The van der Waals surface area contributed by atoms with E-state index in [1.54, 1.807) is 20.8 Å². The van der Waals surface area contributed by atoms with Gasteiger partial charge in [0, 0.05) is 6.42 Å². The Kier molecular flexibility index (Phi) is 3.73. The highest BCUT2D eigenvalue weighted by Gasteiger charge is 2.22. The molecular weight excluding hydrogens is 156 g/mol. The average Bonchev–Trinajstić information content (AvgIpc) is 1.84. The number of ether oxygens (including phenoxy) is 1. The number of rotatable bonds is 3. The van der Waals surface area contributed by atoms with E-state index in [1.165, 1.54) is 0 Å². The van der Waals surface area contributed by atoms with Gasteiger partial charge < -0.3 is 10.5 Å². The molecule has 0 rings (SSSR count). The minimum atomic E-state index is -0.475. The van der Waals surface area contributed by atoms with Crippen molar-refractivity contribution in [2.45, 2.75) is 27.2 Å². The van der Waals surface area contributed by atoms with Gasteiger partial charge in [-0.05, 0) is 20.8 Å². The van der Waals surface area contributed by atoms with E-state index < -0.39 is 5.41 Å². The molecule has 70 valence electrons. The van der Waals surface area contributed by atoms with Gasteiger partial charge >= 0.3 is 5.97 Å². The zero-order chi connectivity index (χ0) is 9.78. The molecule has 0 bridgehead atoms. The van der Waals surface area contributed by atoms with Crippen LogP contribution in [0.5, 0.6) is 0 Å². The van der Waals surface area contributed by atoms with Crippen molar-refractivity contribution >= 4 is 11.8 Å². The van der Waals surface area contributed by atoms with Gasteiger partial charge in [0.2, 0.25) is 0 Å². The standard InChI is InChI=1S/C8H16N2O2/c1-8(2,3)7(11)12-5-4-6(9)10/h4-5H2,1-3H3,(H3,9,10). The maximum absolute atomic E-state index is 11.1. The predicted molar refractivity (Wildman–Crippen MR) is 46.9 cm³/mol. The molecule has 0 heterocycles. The lowest BCUT2D eigenvalue weighted by atomic mass is 9.97. The van der Waals surface area contributed by atoms with Gasteiger partial charge in [0.25, 0.3) is 0 Å². The van der Waals surface area contributed by atoms with E-state index in [0.29, 0.717) is 6.42 Å². The lowest BCUT2D eigenvalue weighted by molar-refractivity contribution is -0.152. The third-order valence-electron chi connectivity index (χ3n) is 1.22. The normalized spacial score (nSPS) is 10.9. The molecule has 0 aliphatic rings. The topological polar surface area (TPSA) is 76.2 Å². The largest absolute Gasteiger partial charge is 0.465 e. The number of nitrogens with two attached hydrogens (primary N) is 1. The van der Waals surface area contributed by atoms with E-state index in [-0.39, 0.29) is 18.4 Å². The highest BCUT2D eigenvalue weighted by atomic mass is 16.5. The number of nitrogens with one attached hydrogen (secondary N) is 1. The zero-order valence-electron chi connectivity index (χ0n) is 7.81. The smallest absolute Gasteiger partial charge is 0.311 e. The van der Waals surface area contributed by atoms with Gasteiger partial charge in [-0.3, -0.25) is 10.2 Å². The predicted octanol–water partition coefficient (Wildman–Crippen LogP) is 0.902. The van der Waals surface area contributed by atoms with Crippen LogP contribution in [0, 0.1) is 10.8 Å². The van der Waals surface area contributed by atoms with Crippen molar-refractivity contribution in [1.29, 1.82) is 5.41 Å². The summed E-state index contributed by atoms with van der Waals surface area (Å²) in [5, 5.41) is 6.88. The van der Waals surface area contributed by atoms with E-state index in [0.717, 1.165) is 0 Å². The second kappa shape index (κ2) is 4.09. The summed E-state index contributed by atoms with van der Waals surface area (Å²) in [4.78, 5) is 11.1. The van der Waals surface area contributed by atoms with Gasteiger partial charge in [-0.15, -0.1) is 0 Å². The Bertz CT molecular complexity index is 182. The molecule has 0 unspecified atom stereocenters. The number of amidine groups is 1. The van der Waals surface area contributed by atoms with Crippen molar-refractivity contribution < 1.29 is 9.53 Å². The summed E-state index contributed by atoms with van der Waals surface area (Å²) in [6.45, 7) is 5.54. The van der Waals surface area contributed by atoms with Crippen LogP contribution in [-0.2, 0) is 9.53 Å². The van der Waals surface area contributed by atoms with E-state index in [2.05, 4.69) is 0 Å². The van der Waals surface area contributed by atoms with Crippen molar-refractivity contribution in [3.63, 3.8) is 0 Å². The quantitative estimate of drug-likeness (QED) is 0.377. The Hall–Kier alpha value is -1.06. The summed E-state index contributed by atoms with van der Waals surface area (Å²) in [6, 6.07) is 0. The molecule has 0 radical (unpaired) electrons. The third kappa shape index (κ3) is 4.71. The van der Waals surface area contributed by atoms with Crippen LogP contribution in [-0.4, -0.2) is 18.4 Å². The Morgan fingerprint density at radius 3 is 2.33 bits per heavy atom. The Balaban J connectivity index is 3.66. The van der Waals surface area contributed by atoms with Crippen LogP contribution in [0.4, 0.5) is 0 Å². The van der Waals surface area contributed by atoms with Crippen molar-refractivity contribution in [1.82, 2.24) is 0 Å². The van der Waals surface area contributed by atoms with E-state index >= 15 is 0 Å². The SMILES string of the molecule is CC(C)(C)C(=O)OCCC(=N)N. The minimum absolute atomic E-state index is 0.0386. The molecule has 12 heavy (non-hydrogen) atoms. The van der Waals surface area contributed by atoms with Gasteiger partial charge in [0.05, 0.1) is 17.9 Å². The van der Waals surface area contributed by atoms with Crippen LogP contribution in [0.3, 0.4) is 0 Å². The number of hydrogen-bond donors (Lipinski definition) is 2. The molecule has 0 aromatic rings. The van der Waals surface area contributed by atoms with Crippen molar-refractivity contribution in [3.8, 4) is 0 Å². The van der Waals surface area contributed by atoms with E-state index in [1.807, 2.05) is 0 Å². The molecule has 0 saturated carbocycles. The fraction of sp³-hybridized carbons (Fsp3) is 0.750. The fourth-order valence-corrected chi connectivity index (χ4v) is 0.470. The van der Waals surface area contributed by atoms with Crippen LogP contribution in [0.25, 0.3) is 0 Å². The lowest BCUT2D eigenvalue weighted by Crippen LogP contribution is -2.24. The molecule has 0 aromatic carbocycles. The summed E-state index contributed by atoms with van der Waals surface area (Å²) in [5.41, 5.74) is 4.60. The third-order valence-corrected chi connectivity index (χ3v) is 1.22. The summed E-state index contributed by atoms with van der Waals surface area (Å²) in [7, 11) is 0. The molecule has 0 aromatic heterocycles. The molecule has 4 heteroatoms. The highest BCUT2D eigenvalue weighted by molar-refractivity contribution is 5.78. The van der Waals surface area contributed by atoms with Gasteiger partial charge in [-0.2, -0.15) is 0 Å². The average molecular weight is 172 g/mol. The van der Waals surface area contributed by atoms with Gasteiger partial charge in [-0.1, -0.05) is 0 Å². The summed E-state index contributed by atoms with van der Waals surface area (Å²) in [5.74, 6) is -0.222. The Labute approximate surface area is 72.6 Å². The maximum Gasteiger partial charge on any atom is 0.311 e. The first-order valence-electron chi connectivity index (χ1n) is 3.84. The number of hydrogen-bond acceptors (Lipinski definition) is 3. The van der Waals surface area contributed by atoms with Crippen LogP contribution in [0.2, 0.25) is 0 Å². The molecule has 0 aliphatic carbocycles. The number of carbonyl (C=O) groups excluding carboxylic acids is 1. The first kappa shape index (κ1) is 10.9. The minimum Gasteiger partial charge on any atom is -0.465 e. The molecule has 0 atom stereocenters. The van der Waals surface area contributed by atoms with Crippen LogP contribution >= 0.6 is 0 Å². The van der Waals surface area contributed by atoms with Crippen molar-refractivity contribution in [2.24, 2.45) is 11.1 Å². The number of esters is 1. The van der Waals surface area contributed by atoms with E-state index in [4.69, 9.17) is 15.9 Å². The molecule has 3 N–H and O–H groups in total. The van der Waals surface area contributed by atoms with Gasteiger partial charge in [0.1, 0.15) is 0 Å². The summed E-state index contributed by atoms with van der Waals surface area (Å²) < 4.78 is 4.86. The second-order valence-electron chi connectivity index (χ2n) is 3.66. The van der Waals surface area contributed by atoms with E-state index in [9.17, 15) is 4.79 Å². The first-order valence-corrected chi connectivity index (χ1v) is 3.84. The summed E-state index contributed by atoms with van der Waals surface area (Å²) >= 11 is 0. The second-order valence-corrected chi connectivity index (χ2v) is 3.66. The van der Waals surface area contributed by atoms with Gasteiger partial charge in [-0.25, -0.2) is 0 Å². The summed E-state index contributed by atoms with van der Waals surface area (Å²) in [6.07, 6.45) is 0.307. The monoisotopic (exact) mass is 172 g/mol. The van der Waals surface area contributed by atoms with Crippen LogP contribution in [0.15, 0.2) is 0 Å². The van der Waals surface area contributed by atoms with Gasteiger partial charge in [0.15, 0.2) is 0 Å². The zero-order valence-corrected chi connectivity index (χ0v) is 7.81. The Morgan fingerprint density at radius 2 is 2.00 bits per heavy atom. The molecule has 0 saturated heterocycles. The van der Waals surface area contributed by atoms with Crippen molar-refractivity contribution in [3.05, 3.63) is 0 Å². The highest BCUT2D eigenvalue weighted by Crippen LogP contribution is 2.14. The molecule has 0 amide bonds. The fourth-order valence-electron chi connectivity index (χ4n) is 0.470. The molecular formula is C8H16N2O2. The molecule has 0 fully saturated rings. The molecule has 0 spiro atoms.